The van der Waals surface area contributed by atoms with E-state index < -0.39 is 0 Å². The Bertz CT molecular complexity index is 1110. The van der Waals surface area contributed by atoms with Crippen LogP contribution < -0.4 is 4.74 Å². The summed E-state index contributed by atoms with van der Waals surface area (Å²) < 4.78 is 17.1. The van der Waals surface area contributed by atoms with E-state index in [1.807, 2.05) is 48.4 Å². The highest BCUT2D eigenvalue weighted by Gasteiger charge is 2.29. The first kappa shape index (κ1) is 22.9. The fourth-order valence-electron chi connectivity index (χ4n) is 4.50. The Balaban J connectivity index is 1.24. The van der Waals surface area contributed by atoms with Crippen LogP contribution in [-0.4, -0.2) is 52.3 Å². The number of rotatable bonds is 7. The minimum atomic E-state index is -0.118. The van der Waals surface area contributed by atoms with Crippen molar-refractivity contribution >= 4 is 17.7 Å². The molecule has 34 heavy (non-hydrogen) atoms. The molecule has 2 unspecified atom stereocenters. The van der Waals surface area contributed by atoms with Gasteiger partial charge in [0, 0.05) is 43.6 Å². The monoisotopic (exact) mass is 479 g/mol. The molecule has 8 heteroatoms. The Labute approximate surface area is 203 Å². The van der Waals surface area contributed by atoms with Crippen molar-refractivity contribution in [2.45, 2.75) is 49.8 Å². The van der Waals surface area contributed by atoms with Gasteiger partial charge in [-0.3, -0.25) is 4.79 Å². The van der Waals surface area contributed by atoms with Crippen LogP contribution in [0.3, 0.4) is 0 Å². The van der Waals surface area contributed by atoms with Crippen LogP contribution in [0.15, 0.2) is 58.2 Å². The molecule has 4 heterocycles. The van der Waals surface area contributed by atoms with Crippen LogP contribution >= 0.6 is 11.8 Å². The van der Waals surface area contributed by atoms with E-state index in [1.54, 1.807) is 23.9 Å². The smallest absolute Gasteiger partial charge is 0.290 e. The number of aromatic nitrogens is 2. The van der Waals surface area contributed by atoms with Gasteiger partial charge < -0.3 is 18.8 Å². The van der Waals surface area contributed by atoms with E-state index >= 15 is 0 Å². The number of hydrogen-bond acceptors (Lipinski definition) is 7. The second-order valence-electron chi connectivity index (χ2n) is 8.79. The van der Waals surface area contributed by atoms with Crippen molar-refractivity contribution in [2.24, 2.45) is 0 Å². The maximum Gasteiger partial charge on any atom is 0.290 e. The van der Waals surface area contributed by atoms with Crippen LogP contribution in [0, 0.1) is 6.92 Å². The minimum absolute atomic E-state index is 0.118. The first-order chi connectivity index (χ1) is 16.7. The van der Waals surface area contributed by atoms with E-state index in [2.05, 4.69) is 4.98 Å². The van der Waals surface area contributed by atoms with Gasteiger partial charge in [0.25, 0.3) is 11.9 Å². The second kappa shape index (κ2) is 10.6. The SMILES string of the molecule is Cc1cnc(SCC2CCCO2)nc1C1CCCN(C(=O)c2ccc(Oc3ccccc3)o2)C1. The molecule has 2 aliphatic rings. The van der Waals surface area contributed by atoms with Gasteiger partial charge in [-0.1, -0.05) is 30.0 Å². The van der Waals surface area contributed by atoms with Gasteiger partial charge in [-0.25, -0.2) is 9.97 Å². The van der Waals surface area contributed by atoms with Crippen molar-refractivity contribution in [3.05, 3.63) is 65.7 Å². The lowest BCUT2D eigenvalue weighted by Gasteiger charge is -2.32. The number of para-hydroxylation sites is 1. The molecule has 2 saturated heterocycles. The van der Waals surface area contributed by atoms with E-state index in [0.29, 0.717) is 36.6 Å². The maximum atomic E-state index is 13.2. The quantitative estimate of drug-likeness (QED) is 0.329. The number of carbonyl (C=O) groups is 1. The molecule has 2 aromatic heterocycles. The van der Waals surface area contributed by atoms with Crippen molar-refractivity contribution < 1.29 is 18.7 Å². The summed E-state index contributed by atoms with van der Waals surface area (Å²) in [5.74, 6) is 2.21. The highest BCUT2D eigenvalue weighted by Crippen LogP contribution is 2.31. The molecule has 0 saturated carbocycles. The second-order valence-corrected chi connectivity index (χ2v) is 9.78. The predicted octanol–water partition coefficient (Wildman–Crippen LogP) is 5.46. The van der Waals surface area contributed by atoms with Crippen molar-refractivity contribution in [1.29, 1.82) is 0 Å². The van der Waals surface area contributed by atoms with Crippen LogP contribution in [-0.2, 0) is 4.74 Å². The average molecular weight is 480 g/mol. The van der Waals surface area contributed by atoms with Crippen molar-refractivity contribution in [2.75, 3.05) is 25.4 Å². The molecule has 1 amide bonds. The molecule has 3 aromatic rings. The molecular formula is C26H29N3O4S. The largest absolute Gasteiger partial charge is 0.426 e. The average Bonchev–Trinajstić information content (AvgIpc) is 3.56. The summed E-state index contributed by atoms with van der Waals surface area (Å²) >= 11 is 1.66. The number of amides is 1. The van der Waals surface area contributed by atoms with E-state index in [9.17, 15) is 4.79 Å². The number of thioether (sulfide) groups is 1. The molecule has 178 valence electrons. The molecular weight excluding hydrogens is 450 g/mol. The fourth-order valence-corrected chi connectivity index (χ4v) is 5.39. The number of likely N-dealkylation sites (tertiary alicyclic amines) is 1. The van der Waals surface area contributed by atoms with Crippen molar-refractivity contribution in [1.82, 2.24) is 14.9 Å². The molecule has 2 atom stereocenters. The number of furan rings is 1. The third-order valence-electron chi connectivity index (χ3n) is 6.26. The lowest BCUT2D eigenvalue weighted by atomic mass is 9.92. The molecule has 0 N–H and O–H groups in total. The van der Waals surface area contributed by atoms with Gasteiger partial charge in [-0.05, 0) is 56.4 Å². The van der Waals surface area contributed by atoms with Crippen LogP contribution in [0.25, 0.3) is 0 Å². The molecule has 1 aromatic carbocycles. The normalized spacial score (nSPS) is 20.4. The topological polar surface area (TPSA) is 77.7 Å². The molecule has 0 spiro atoms. The lowest BCUT2D eigenvalue weighted by Crippen LogP contribution is -2.39. The van der Waals surface area contributed by atoms with Gasteiger partial charge in [0.2, 0.25) is 0 Å². The molecule has 2 aliphatic heterocycles. The summed E-state index contributed by atoms with van der Waals surface area (Å²) in [6.45, 7) is 4.22. The fraction of sp³-hybridized carbons (Fsp3) is 0.423. The number of ether oxygens (including phenoxy) is 2. The van der Waals surface area contributed by atoms with E-state index in [0.717, 1.165) is 54.5 Å². The number of nitrogens with zero attached hydrogens (tertiary/aromatic N) is 3. The van der Waals surface area contributed by atoms with Gasteiger partial charge in [0.1, 0.15) is 5.75 Å². The third-order valence-corrected chi connectivity index (χ3v) is 7.25. The Morgan fingerprint density at radius 1 is 1.18 bits per heavy atom. The molecule has 0 bridgehead atoms. The summed E-state index contributed by atoms with van der Waals surface area (Å²) in [7, 11) is 0. The zero-order valence-corrected chi connectivity index (χ0v) is 20.1. The summed E-state index contributed by atoms with van der Waals surface area (Å²) in [6.07, 6.45) is 6.36. The standard InChI is InChI=1S/C26H29N3O4S/c1-18-15-27-26(34-17-21-10-6-14-31-21)28-24(18)19-7-5-13-29(16-19)25(30)22-11-12-23(33-22)32-20-8-3-2-4-9-20/h2-4,8-9,11-12,15,19,21H,5-7,10,13-14,16-17H2,1H3. The Morgan fingerprint density at radius 2 is 2.06 bits per heavy atom. The van der Waals surface area contributed by atoms with Crippen molar-refractivity contribution in [3.8, 4) is 11.7 Å². The van der Waals surface area contributed by atoms with E-state index in [-0.39, 0.29) is 11.8 Å². The molecule has 0 aliphatic carbocycles. The van der Waals surface area contributed by atoms with Gasteiger partial charge in [0.05, 0.1) is 11.8 Å². The maximum absolute atomic E-state index is 13.2. The molecule has 0 radical (unpaired) electrons. The summed E-state index contributed by atoms with van der Waals surface area (Å²) in [5, 5.41) is 0.785. The van der Waals surface area contributed by atoms with Gasteiger partial charge in [-0.15, -0.1) is 0 Å². The third kappa shape index (κ3) is 5.45. The summed E-state index contributed by atoms with van der Waals surface area (Å²) in [6, 6.07) is 12.8. The predicted molar refractivity (Wildman–Crippen MR) is 130 cm³/mol. The summed E-state index contributed by atoms with van der Waals surface area (Å²) in [4.78, 5) is 24.4. The first-order valence-electron chi connectivity index (χ1n) is 11.9. The number of aryl methyl sites for hydroxylation is 1. The van der Waals surface area contributed by atoms with Crippen LogP contribution in [0.2, 0.25) is 0 Å². The molecule has 5 rings (SSSR count). The minimum Gasteiger partial charge on any atom is -0.426 e. The lowest BCUT2D eigenvalue weighted by molar-refractivity contribution is 0.0668. The summed E-state index contributed by atoms with van der Waals surface area (Å²) in [5.41, 5.74) is 2.10. The number of hydrogen-bond donors (Lipinski definition) is 0. The van der Waals surface area contributed by atoms with Gasteiger partial charge in [-0.2, -0.15) is 0 Å². The van der Waals surface area contributed by atoms with Crippen molar-refractivity contribution in [3.63, 3.8) is 0 Å². The van der Waals surface area contributed by atoms with E-state index in [4.69, 9.17) is 18.9 Å². The van der Waals surface area contributed by atoms with E-state index in [1.165, 1.54) is 0 Å². The molecule has 2 fully saturated rings. The highest BCUT2D eigenvalue weighted by molar-refractivity contribution is 7.99. The Kier molecular flexibility index (Phi) is 7.16. The Morgan fingerprint density at radius 3 is 2.88 bits per heavy atom. The van der Waals surface area contributed by atoms with Gasteiger partial charge >= 0.3 is 0 Å². The Hall–Kier alpha value is -2.84. The number of carbonyl (C=O) groups excluding carboxylic acids is 1. The zero-order valence-electron chi connectivity index (χ0n) is 19.3. The molecule has 7 nitrogen and oxygen atoms in total. The van der Waals surface area contributed by atoms with Gasteiger partial charge in [0.15, 0.2) is 10.9 Å². The number of piperidine rings is 1. The van der Waals surface area contributed by atoms with Crippen LogP contribution in [0.1, 0.15) is 53.4 Å². The van der Waals surface area contributed by atoms with Crippen LogP contribution in [0.5, 0.6) is 11.7 Å². The highest BCUT2D eigenvalue weighted by atomic mass is 32.2. The zero-order chi connectivity index (χ0) is 23.3. The number of benzene rings is 1. The first-order valence-corrected chi connectivity index (χ1v) is 12.8. The van der Waals surface area contributed by atoms with Crippen LogP contribution in [0.4, 0.5) is 0 Å².